The van der Waals surface area contributed by atoms with Crippen molar-refractivity contribution in [1.82, 2.24) is 4.90 Å². The fraction of sp³-hybridized carbons (Fsp3) is 0.500. The first-order chi connectivity index (χ1) is 9.47. The highest BCUT2D eigenvalue weighted by Gasteiger charge is 2.26. The van der Waals surface area contributed by atoms with Crippen molar-refractivity contribution in [2.24, 2.45) is 5.92 Å². The minimum absolute atomic E-state index is 0.132. The second-order valence-electron chi connectivity index (χ2n) is 5.76. The van der Waals surface area contributed by atoms with E-state index in [0.29, 0.717) is 18.4 Å². The summed E-state index contributed by atoms with van der Waals surface area (Å²) in [5.41, 5.74) is 1.12. The number of carbonyl (C=O) groups is 2. The van der Waals surface area contributed by atoms with E-state index in [0.717, 1.165) is 18.5 Å². The average Bonchev–Trinajstić information content (AvgIpc) is 2.42. The molecule has 20 heavy (non-hydrogen) atoms. The Morgan fingerprint density at radius 2 is 1.85 bits per heavy atom. The lowest BCUT2D eigenvalue weighted by Crippen LogP contribution is -2.45. The van der Waals surface area contributed by atoms with Crippen molar-refractivity contribution in [3.05, 3.63) is 35.4 Å². The first-order valence-corrected chi connectivity index (χ1v) is 7.09. The third-order valence-corrected chi connectivity index (χ3v) is 3.99. The SMILES string of the molecule is CC1CCC(C)N(C(=O)Cc2ccc(C(=O)O)cc2)C1. The Balaban J connectivity index is 2.01. The molecule has 1 aliphatic heterocycles. The van der Waals surface area contributed by atoms with Gasteiger partial charge in [-0.05, 0) is 43.4 Å². The zero-order valence-corrected chi connectivity index (χ0v) is 12.0. The topological polar surface area (TPSA) is 57.6 Å². The normalized spacial score (nSPS) is 22.6. The molecular formula is C16H21NO3. The van der Waals surface area contributed by atoms with E-state index in [-0.39, 0.29) is 11.5 Å². The molecule has 1 N–H and O–H groups in total. The van der Waals surface area contributed by atoms with Crippen molar-refractivity contribution in [3.63, 3.8) is 0 Å². The number of likely N-dealkylation sites (tertiary alicyclic amines) is 1. The summed E-state index contributed by atoms with van der Waals surface area (Å²) in [7, 11) is 0. The molecule has 0 saturated carbocycles. The highest BCUT2D eigenvalue weighted by Crippen LogP contribution is 2.22. The van der Waals surface area contributed by atoms with Gasteiger partial charge in [-0.15, -0.1) is 0 Å². The van der Waals surface area contributed by atoms with Gasteiger partial charge in [-0.1, -0.05) is 19.1 Å². The van der Waals surface area contributed by atoms with E-state index in [4.69, 9.17) is 5.11 Å². The molecule has 2 atom stereocenters. The number of nitrogens with zero attached hydrogens (tertiary/aromatic N) is 1. The van der Waals surface area contributed by atoms with Gasteiger partial charge in [0.2, 0.25) is 5.91 Å². The fourth-order valence-corrected chi connectivity index (χ4v) is 2.68. The quantitative estimate of drug-likeness (QED) is 0.922. The average molecular weight is 275 g/mol. The van der Waals surface area contributed by atoms with E-state index in [9.17, 15) is 9.59 Å². The van der Waals surface area contributed by atoms with Crippen molar-refractivity contribution >= 4 is 11.9 Å². The van der Waals surface area contributed by atoms with Crippen molar-refractivity contribution < 1.29 is 14.7 Å². The number of benzene rings is 1. The highest BCUT2D eigenvalue weighted by molar-refractivity contribution is 5.87. The lowest BCUT2D eigenvalue weighted by Gasteiger charge is -2.37. The molecule has 4 nitrogen and oxygen atoms in total. The van der Waals surface area contributed by atoms with Crippen LogP contribution >= 0.6 is 0 Å². The van der Waals surface area contributed by atoms with Crippen LogP contribution in [0.2, 0.25) is 0 Å². The maximum atomic E-state index is 12.4. The van der Waals surface area contributed by atoms with Crippen LogP contribution < -0.4 is 0 Å². The summed E-state index contributed by atoms with van der Waals surface area (Å²) in [6.45, 7) is 5.10. The van der Waals surface area contributed by atoms with Gasteiger partial charge in [0.1, 0.15) is 0 Å². The molecular weight excluding hydrogens is 254 g/mol. The van der Waals surface area contributed by atoms with Crippen LogP contribution in [0.5, 0.6) is 0 Å². The van der Waals surface area contributed by atoms with Gasteiger partial charge in [-0.3, -0.25) is 4.79 Å². The number of carbonyl (C=O) groups excluding carboxylic acids is 1. The van der Waals surface area contributed by atoms with E-state index >= 15 is 0 Å². The van der Waals surface area contributed by atoms with Crippen molar-refractivity contribution in [1.29, 1.82) is 0 Å². The van der Waals surface area contributed by atoms with E-state index in [2.05, 4.69) is 13.8 Å². The van der Waals surface area contributed by atoms with Crippen LogP contribution in [0.15, 0.2) is 24.3 Å². The third kappa shape index (κ3) is 3.38. The molecule has 1 aromatic rings. The Hall–Kier alpha value is -1.84. The molecule has 1 fully saturated rings. The molecule has 1 saturated heterocycles. The lowest BCUT2D eigenvalue weighted by atomic mass is 9.94. The molecule has 1 aromatic carbocycles. The largest absolute Gasteiger partial charge is 0.478 e. The Bertz CT molecular complexity index is 495. The van der Waals surface area contributed by atoms with E-state index in [1.807, 2.05) is 4.90 Å². The standard InChI is InChI=1S/C16H21NO3/c1-11-3-4-12(2)17(10-11)15(18)9-13-5-7-14(8-6-13)16(19)20/h5-8,11-12H,3-4,9-10H2,1-2H3,(H,19,20). The zero-order chi connectivity index (χ0) is 14.7. The number of carboxylic acid groups (broad SMARTS) is 1. The number of amides is 1. The van der Waals surface area contributed by atoms with E-state index in [1.165, 1.54) is 6.42 Å². The van der Waals surface area contributed by atoms with Gasteiger partial charge in [0, 0.05) is 12.6 Å². The first-order valence-electron chi connectivity index (χ1n) is 7.09. The zero-order valence-electron chi connectivity index (χ0n) is 12.0. The second-order valence-corrected chi connectivity index (χ2v) is 5.76. The van der Waals surface area contributed by atoms with Crippen LogP contribution in [-0.2, 0) is 11.2 Å². The summed E-state index contributed by atoms with van der Waals surface area (Å²) < 4.78 is 0. The summed E-state index contributed by atoms with van der Waals surface area (Å²) in [5, 5.41) is 8.85. The summed E-state index contributed by atoms with van der Waals surface area (Å²) in [4.78, 5) is 25.1. The Kier molecular flexibility index (Phi) is 4.42. The fourth-order valence-electron chi connectivity index (χ4n) is 2.68. The van der Waals surface area contributed by atoms with Crippen LogP contribution in [0.25, 0.3) is 0 Å². The Labute approximate surface area is 119 Å². The number of hydrogen-bond donors (Lipinski definition) is 1. The molecule has 2 rings (SSSR count). The second kappa shape index (κ2) is 6.07. The van der Waals surface area contributed by atoms with Gasteiger partial charge in [0.25, 0.3) is 0 Å². The number of aromatic carboxylic acids is 1. The first kappa shape index (κ1) is 14.6. The van der Waals surface area contributed by atoms with Gasteiger partial charge in [0.15, 0.2) is 0 Å². The molecule has 0 bridgehead atoms. The maximum absolute atomic E-state index is 12.4. The summed E-state index contributed by atoms with van der Waals surface area (Å²) in [6.07, 6.45) is 2.58. The molecule has 0 aliphatic carbocycles. The lowest BCUT2D eigenvalue weighted by molar-refractivity contribution is -0.134. The molecule has 1 aliphatic rings. The van der Waals surface area contributed by atoms with Crippen LogP contribution in [0.1, 0.15) is 42.6 Å². The summed E-state index contributed by atoms with van der Waals surface area (Å²) in [5.74, 6) is -0.252. The van der Waals surface area contributed by atoms with Gasteiger partial charge in [0.05, 0.1) is 12.0 Å². The number of rotatable bonds is 3. The number of carboxylic acids is 1. The van der Waals surface area contributed by atoms with Gasteiger partial charge >= 0.3 is 5.97 Å². The summed E-state index contributed by atoms with van der Waals surface area (Å²) in [6, 6.07) is 6.84. The molecule has 0 aromatic heterocycles. The van der Waals surface area contributed by atoms with Gasteiger partial charge < -0.3 is 10.0 Å². The van der Waals surface area contributed by atoms with Gasteiger partial charge in [-0.2, -0.15) is 0 Å². The van der Waals surface area contributed by atoms with Crippen molar-refractivity contribution in [2.45, 2.75) is 39.2 Å². The molecule has 1 heterocycles. The minimum Gasteiger partial charge on any atom is -0.478 e. The van der Waals surface area contributed by atoms with E-state index < -0.39 is 5.97 Å². The van der Waals surface area contributed by atoms with Crippen molar-refractivity contribution in [2.75, 3.05) is 6.54 Å². The number of hydrogen-bond acceptors (Lipinski definition) is 2. The van der Waals surface area contributed by atoms with E-state index in [1.54, 1.807) is 24.3 Å². The predicted octanol–water partition coefficient (Wildman–Crippen LogP) is 2.57. The van der Waals surface area contributed by atoms with Crippen LogP contribution in [0.4, 0.5) is 0 Å². The third-order valence-electron chi connectivity index (χ3n) is 3.99. The summed E-state index contributed by atoms with van der Waals surface area (Å²) >= 11 is 0. The van der Waals surface area contributed by atoms with Crippen LogP contribution in [-0.4, -0.2) is 34.5 Å². The Morgan fingerprint density at radius 3 is 2.45 bits per heavy atom. The molecule has 108 valence electrons. The predicted molar refractivity (Wildman–Crippen MR) is 76.7 cm³/mol. The molecule has 0 radical (unpaired) electrons. The van der Waals surface area contributed by atoms with Crippen LogP contribution in [0, 0.1) is 5.92 Å². The smallest absolute Gasteiger partial charge is 0.335 e. The monoisotopic (exact) mass is 275 g/mol. The molecule has 4 heteroatoms. The Morgan fingerprint density at radius 1 is 1.20 bits per heavy atom. The minimum atomic E-state index is -0.943. The number of piperidine rings is 1. The maximum Gasteiger partial charge on any atom is 0.335 e. The van der Waals surface area contributed by atoms with Crippen molar-refractivity contribution in [3.8, 4) is 0 Å². The molecule has 2 unspecified atom stereocenters. The van der Waals surface area contributed by atoms with Gasteiger partial charge in [-0.25, -0.2) is 4.79 Å². The van der Waals surface area contributed by atoms with Crippen LogP contribution in [0.3, 0.4) is 0 Å². The highest BCUT2D eigenvalue weighted by atomic mass is 16.4. The molecule has 1 amide bonds. The molecule has 0 spiro atoms.